The molecule has 0 N–H and O–H groups in total. The molecule has 2 heterocycles. The number of nitrogens with zero attached hydrogens (tertiary/aromatic N) is 1. The first-order chi connectivity index (χ1) is 18.7. The van der Waals surface area contributed by atoms with Crippen LogP contribution in [0.2, 0.25) is 0 Å². The van der Waals surface area contributed by atoms with Gasteiger partial charge < -0.3 is 14.2 Å². The molecule has 1 saturated heterocycles. The van der Waals surface area contributed by atoms with Crippen LogP contribution in [0, 0.1) is 0 Å². The van der Waals surface area contributed by atoms with Gasteiger partial charge in [-0.1, -0.05) is 83.3 Å². The Balaban J connectivity index is 1.54. The van der Waals surface area contributed by atoms with Crippen molar-refractivity contribution in [3.8, 4) is 11.1 Å². The standard InChI is InChI=1S/C36H40BNO2/c1-11-15-24(12-2)38-31-17-14-13-16-27(31)33(3,4)30-21-26-25-19-18-23(37-39-35(7,8)36(9,10)40-37)20-28(25)34(5,6)29(26)22-32(30)38/h11-22H,1-2H2,3-10H3/b24-15+. The molecule has 2 aliphatic heterocycles. The van der Waals surface area contributed by atoms with E-state index in [1.165, 1.54) is 44.8 Å². The first kappa shape index (κ1) is 26.9. The number of para-hydroxylation sites is 1. The topological polar surface area (TPSA) is 21.7 Å². The maximum atomic E-state index is 6.42. The predicted octanol–water partition coefficient (Wildman–Crippen LogP) is 8.33. The Morgan fingerprint density at radius 1 is 0.700 bits per heavy atom. The minimum Gasteiger partial charge on any atom is -0.399 e. The number of anilines is 2. The van der Waals surface area contributed by atoms with Gasteiger partial charge in [-0.05, 0) is 96.9 Å². The van der Waals surface area contributed by atoms with Crippen LogP contribution in [0.4, 0.5) is 11.4 Å². The molecule has 0 spiro atoms. The minimum atomic E-state index is -0.383. The normalized spacial score (nSPS) is 20.9. The van der Waals surface area contributed by atoms with Crippen molar-refractivity contribution >= 4 is 24.0 Å². The summed E-state index contributed by atoms with van der Waals surface area (Å²) >= 11 is 0. The summed E-state index contributed by atoms with van der Waals surface area (Å²) in [7, 11) is -0.383. The van der Waals surface area contributed by atoms with Crippen LogP contribution in [-0.2, 0) is 20.1 Å². The van der Waals surface area contributed by atoms with Crippen LogP contribution in [0.3, 0.4) is 0 Å². The van der Waals surface area contributed by atoms with Crippen molar-refractivity contribution in [1.82, 2.24) is 0 Å². The van der Waals surface area contributed by atoms with E-state index in [1.54, 1.807) is 0 Å². The Bertz CT molecular complexity index is 1590. The van der Waals surface area contributed by atoms with Gasteiger partial charge in [0.2, 0.25) is 0 Å². The molecule has 0 atom stereocenters. The minimum absolute atomic E-state index is 0.173. The summed E-state index contributed by atoms with van der Waals surface area (Å²) in [5.41, 5.74) is 11.2. The van der Waals surface area contributed by atoms with E-state index in [4.69, 9.17) is 9.31 Å². The molecular weight excluding hydrogens is 489 g/mol. The van der Waals surface area contributed by atoms with Crippen molar-refractivity contribution in [3.63, 3.8) is 0 Å². The predicted molar refractivity (Wildman–Crippen MR) is 169 cm³/mol. The largest absolute Gasteiger partial charge is 0.494 e. The lowest BCUT2D eigenvalue weighted by Crippen LogP contribution is -2.41. The molecule has 0 bridgehead atoms. The number of hydrogen-bond donors (Lipinski definition) is 0. The van der Waals surface area contributed by atoms with Crippen LogP contribution < -0.4 is 10.4 Å². The Morgan fingerprint density at radius 3 is 1.98 bits per heavy atom. The van der Waals surface area contributed by atoms with E-state index in [9.17, 15) is 0 Å². The van der Waals surface area contributed by atoms with E-state index in [0.29, 0.717) is 0 Å². The summed E-state index contributed by atoms with van der Waals surface area (Å²) in [6.07, 6.45) is 5.80. The Kier molecular flexibility index (Phi) is 5.76. The fourth-order valence-corrected chi connectivity index (χ4v) is 6.70. The fraction of sp³-hybridized carbons (Fsp3) is 0.333. The Hall–Kier alpha value is -3.34. The van der Waals surface area contributed by atoms with Crippen molar-refractivity contribution in [2.45, 2.75) is 77.4 Å². The van der Waals surface area contributed by atoms with Crippen LogP contribution in [-0.4, -0.2) is 18.3 Å². The molecule has 0 saturated carbocycles. The van der Waals surface area contributed by atoms with Gasteiger partial charge in [0.25, 0.3) is 0 Å². The van der Waals surface area contributed by atoms with Gasteiger partial charge in [-0.25, -0.2) is 0 Å². The zero-order chi connectivity index (χ0) is 28.8. The average Bonchev–Trinajstić information content (AvgIpc) is 3.26. The van der Waals surface area contributed by atoms with Crippen LogP contribution >= 0.6 is 0 Å². The highest BCUT2D eigenvalue weighted by Gasteiger charge is 2.52. The van der Waals surface area contributed by atoms with Gasteiger partial charge in [0.15, 0.2) is 0 Å². The Labute approximate surface area is 240 Å². The molecule has 3 aromatic carbocycles. The zero-order valence-electron chi connectivity index (χ0n) is 25.2. The van der Waals surface area contributed by atoms with Gasteiger partial charge in [0.1, 0.15) is 0 Å². The summed E-state index contributed by atoms with van der Waals surface area (Å²) in [6, 6.07) is 20.3. The highest BCUT2D eigenvalue weighted by molar-refractivity contribution is 6.62. The zero-order valence-corrected chi connectivity index (χ0v) is 25.2. The highest BCUT2D eigenvalue weighted by atomic mass is 16.7. The van der Waals surface area contributed by atoms with Gasteiger partial charge in [0.05, 0.1) is 22.6 Å². The molecule has 4 heteroatoms. The molecule has 1 aliphatic carbocycles. The molecule has 1 fully saturated rings. The first-order valence-corrected chi connectivity index (χ1v) is 14.3. The summed E-state index contributed by atoms with van der Waals surface area (Å²) in [4.78, 5) is 2.35. The third-order valence-corrected chi connectivity index (χ3v) is 9.83. The van der Waals surface area contributed by atoms with E-state index in [-0.39, 0.29) is 29.2 Å². The molecule has 6 rings (SSSR count). The monoisotopic (exact) mass is 529 g/mol. The number of hydrogen-bond acceptors (Lipinski definition) is 3. The molecule has 0 aromatic heterocycles. The van der Waals surface area contributed by atoms with Crippen LogP contribution in [0.1, 0.15) is 77.6 Å². The second-order valence-electron chi connectivity index (χ2n) is 13.4. The molecule has 0 amide bonds. The molecular formula is C36H40BNO2. The fourth-order valence-electron chi connectivity index (χ4n) is 6.70. The van der Waals surface area contributed by atoms with E-state index < -0.39 is 0 Å². The maximum absolute atomic E-state index is 6.42. The molecule has 3 aliphatic rings. The molecule has 0 radical (unpaired) electrons. The highest BCUT2D eigenvalue weighted by Crippen LogP contribution is 2.56. The van der Waals surface area contributed by atoms with Gasteiger partial charge in [0, 0.05) is 16.5 Å². The molecule has 3 nitrogen and oxygen atoms in total. The van der Waals surface area contributed by atoms with Gasteiger partial charge >= 0.3 is 7.12 Å². The van der Waals surface area contributed by atoms with Crippen LogP contribution in [0.15, 0.2) is 91.7 Å². The molecule has 3 aromatic rings. The van der Waals surface area contributed by atoms with Crippen LogP contribution in [0.5, 0.6) is 0 Å². The second-order valence-corrected chi connectivity index (χ2v) is 13.4. The first-order valence-electron chi connectivity index (χ1n) is 14.3. The number of rotatable bonds is 4. The molecule has 40 heavy (non-hydrogen) atoms. The van der Waals surface area contributed by atoms with E-state index >= 15 is 0 Å². The smallest absolute Gasteiger partial charge is 0.399 e. The van der Waals surface area contributed by atoms with E-state index in [1.807, 2.05) is 18.2 Å². The van der Waals surface area contributed by atoms with Crippen molar-refractivity contribution in [3.05, 3.63) is 114 Å². The number of benzene rings is 3. The molecule has 0 unspecified atom stereocenters. The van der Waals surface area contributed by atoms with Gasteiger partial charge in [-0.15, -0.1) is 0 Å². The second kappa shape index (κ2) is 8.58. The number of fused-ring (bicyclic) bond motifs is 5. The van der Waals surface area contributed by atoms with Crippen LogP contribution in [0.25, 0.3) is 11.1 Å². The Morgan fingerprint density at radius 2 is 1.32 bits per heavy atom. The van der Waals surface area contributed by atoms with Crippen molar-refractivity contribution in [2.24, 2.45) is 0 Å². The lowest BCUT2D eigenvalue weighted by Gasteiger charge is -2.43. The third-order valence-electron chi connectivity index (χ3n) is 9.83. The quantitative estimate of drug-likeness (QED) is 0.251. The average molecular weight is 530 g/mol. The summed E-state index contributed by atoms with van der Waals surface area (Å²) in [5, 5.41) is 0. The lowest BCUT2D eigenvalue weighted by atomic mass is 9.71. The van der Waals surface area contributed by atoms with Crippen molar-refractivity contribution < 1.29 is 9.31 Å². The SMILES string of the molecule is C=C/C=C(\C=C)N1c2ccccc2C(C)(C)c2cc3c(cc21)C(C)(C)c1cc(B2OC(C)(C)C(C)(C)O2)ccc1-3. The van der Waals surface area contributed by atoms with E-state index in [0.717, 1.165) is 11.2 Å². The van der Waals surface area contributed by atoms with Gasteiger partial charge in [-0.2, -0.15) is 0 Å². The van der Waals surface area contributed by atoms with E-state index in [2.05, 4.69) is 128 Å². The maximum Gasteiger partial charge on any atom is 0.494 e. The summed E-state index contributed by atoms with van der Waals surface area (Å²) < 4.78 is 12.8. The van der Waals surface area contributed by atoms with Crippen molar-refractivity contribution in [2.75, 3.05) is 4.90 Å². The van der Waals surface area contributed by atoms with Gasteiger partial charge in [-0.3, -0.25) is 0 Å². The molecule has 204 valence electrons. The number of allylic oxidation sites excluding steroid dienone is 3. The summed E-state index contributed by atoms with van der Waals surface area (Å²) in [6.45, 7) is 25.9. The summed E-state index contributed by atoms with van der Waals surface area (Å²) in [5.74, 6) is 0. The lowest BCUT2D eigenvalue weighted by molar-refractivity contribution is 0.00578. The third kappa shape index (κ3) is 3.59. The van der Waals surface area contributed by atoms with Crippen molar-refractivity contribution in [1.29, 1.82) is 0 Å².